The van der Waals surface area contributed by atoms with Crippen LogP contribution in [0.4, 0.5) is 0 Å². The number of thiophene rings is 1. The molecule has 46 heavy (non-hydrogen) atoms. The quantitative estimate of drug-likeness (QED) is 0.0698. The molecule has 1 radical (unpaired) electrons. The summed E-state index contributed by atoms with van der Waals surface area (Å²) in [4.78, 5) is 16.3. The SMILES string of the molecule is CCC(CC)C(=O)/C=C(\O)C(CC)CC.[CH2-][n+]1ccc(-c2cnc3ccsc3c2)cc1-c1[c-]c2ccccc2c(C(C)(C)C)c1.[Ir]. The average molecular weight is 812 g/mol. The Kier molecular flexibility index (Phi) is 13.3. The summed E-state index contributed by atoms with van der Waals surface area (Å²) in [5.41, 5.74) is 6.73. The van der Waals surface area contributed by atoms with Gasteiger partial charge in [0.05, 0.1) is 22.2 Å². The number of hydrogen-bond donors (Lipinski definition) is 1. The van der Waals surface area contributed by atoms with E-state index >= 15 is 0 Å². The molecule has 2 aromatic carbocycles. The summed E-state index contributed by atoms with van der Waals surface area (Å²) in [6.07, 6.45) is 8.87. The summed E-state index contributed by atoms with van der Waals surface area (Å²) in [5, 5.41) is 14.2. The van der Waals surface area contributed by atoms with Crippen LogP contribution in [0.5, 0.6) is 0 Å². The minimum atomic E-state index is 0. The summed E-state index contributed by atoms with van der Waals surface area (Å²) in [7, 11) is 4.23. The maximum absolute atomic E-state index is 11.7. The van der Waals surface area contributed by atoms with Crippen LogP contribution in [-0.2, 0) is 30.3 Å². The van der Waals surface area contributed by atoms with Crippen molar-refractivity contribution < 1.29 is 34.6 Å². The van der Waals surface area contributed by atoms with E-state index in [1.54, 1.807) is 11.3 Å². The number of aliphatic hydroxyl groups is 1. The van der Waals surface area contributed by atoms with E-state index in [9.17, 15) is 9.90 Å². The number of fused-ring (bicyclic) bond motifs is 2. The number of aromatic nitrogens is 2. The van der Waals surface area contributed by atoms with Crippen molar-refractivity contribution in [3.05, 3.63) is 103 Å². The molecule has 0 saturated heterocycles. The molecule has 0 atom stereocenters. The number of nitrogens with zero attached hydrogens (tertiary/aromatic N) is 2. The molecular formula is C40H47IrN2O2S-. The number of benzene rings is 2. The largest absolute Gasteiger partial charge is 0.512 e. The predicted molar refractivity (Wildman–Crippen MR) is 190 cm³/mol. The molecule has 0 saturated carbocycles. The van der Waals surface area contributed by atoms with Gasteiger partial charge < -0.3 is 9.67 Å². The molecule has 245 valence electrons. The Morgan fingerprint density at radius 3 is 2.30 bits per heavy atom. The van der Waals surface area contributed by atoms with Crippen LogP contribution in [0.1, 0.15) is 79.7 Å². The molecule has 5 rings (SSSR count). The van der Waals surface area contributed by atoms with Gasteiger partial charge in [-0.05, 0) is 66.3 Å². The average Bonchev–Trinajstić information content (AvgIpc) is 3.50. The van der Waals surface area contributed by atoms with Crippen LogP contribution in [0.2, 0.25) is 0 Å². The Labute approximate surface area is 293 Å². The first kappa shape index (κ1) is 37.2. The molecule has 5 aromatic rings. The Morgan fingerprint density at radius 1 is 0.978 bits per heavy atom. The molecule has 0 fully saturated rings. The van der Waals surface area contributed by atoms with Gasteiger partial charge in [0.1, 0.15) is 5.69 Å². The van der Waals surface area contributed by atoms with Crippen LogP contribution < -0.4 is 4.57 Å². The van der Waals surface area contributed by atoms with Crippen LogP contribution in [0, 0.1) is 24.9 Å². The number of carbonyl (C=O) groups is 1. The van der Waals surface area contributed by atoms with Gasteiger partial charge in [-0.15, -0.1) is 40.5 Å². The van der Waals surface area contributed by atoms with Crippen molar-refractivity contribution >= 4 is 38.1 Å². The van der Waals surface area contributed by atoms with Gasteiger partial charge in [0.2, 0.25) is 0 Å². The molecule has 1 N–H and O–H groups in total. The van der Waals surface area contributed by atoms with Gasteiger partial charge in [-0.1, -0.05) is 77.6 Å². The Balaban J connectivity index is 0.000000309. The molecular weight excluding hydrogens is 765 g/mol. The van der Waals surface area contributed by atoms with Crippen molar-refractivity contribution in [2.45, 2.75) is 79.6 Å². The molecule has 3 heterocycles. The maximum Gasteiger partial charge on any atom is 0.162 e. The zero-order chi connectivity index (χ0) is 32.7. The molecule has 0 unspecified atom stereocenters. The second-order valence-corrected chi connectivity index (χ2v) is 13.6. The molecule has 0 aliphatic heterocycles. The van der Waals surface area contributed by atoms with Crippen molar-refractivity contribution in [3.8, 4) is 22.4 Å². The van der Waals surface area contributed by atoms with E-state index in [0.29, 0.717) is 0 Å². The van der Waals surface area contributed by atoms with Gasteiger partial charge in [-0.25, -0.2) is 0 Å². The fourth-order valence-corrected chi connectivity index (χ4v) is 6.49. The molecule has 3 aromatic heterocycles. The molecule has 0 aliphatic carbocycles. The number of pyridine rings is 2. The van der Waals surface area contributed by atoms with E-state index in [-0.39, 0.29) is 48.9 Å². The second kappa shape index (κ2) is 16.5. The first-order valence-electron chi connectivity index (χ1n) is 16.1. The maximum atomic E-state index is 11.7. The minimum absolute atomic E-state index is 0. The number of hydrogen-bond acceptors (Lipinski definition) is 4. The van der Waals surface area contributed by atoms with Crippen LogP contribution >= 0.6 is 11.3 Å². The summed E-state index contributed by atoms with van der Waals surface area (Å²) < 4.78 is 3.13. The summed E-state index contributed by atoms with van der Waals surface area (Å²) in [6, 6.07) is 23.0. The van der Waals surface area contributed by atoms with Gasteiger partial charge in [0.25, 0.3) is 0 Å². The molecule has 0 bridgehead atoms. The third-order valence-corrected chi connectivity index (χ3v) is 9.47. The first-order valence-corrected chi connectivity index (χ1v) is 17.0. The van der Waals surface area contributed by atoms with E-state index in [4.69, 9.17) is 0 Å². The molecule has 0 amide bonds. The fraction of sp³-hybridized carbons (Fsp3) is 0.350. The van der Waals surface area contributed by atoms with Crippen LogP contribution in [0.25, 0.3) is 43.4 Å². The van der Waals surface area contributed by atoms with Gasteiger partial charge in [-0.3, -0.25) is 9.78 Å². The van der Waals surface area contributed by atoms with E-state index in [1.165, 1.54) is 21.7 Å². The van der Waals surface area contributed by atoms with Gasteiger partial charge >= 0.3 is 0 Å². The summed E-state index contributed by atoms with van der Waals surface area (Å²) in [5.74, 6) is 0.547. The third-order valence-electron chi connectivity index (χ3n) is 8.61. The van der Waals surface area contributed by atoms with E-state index < -0.39 is 0 Å². The normalized spacial score (nSPS) is 11.9. The van der Waals surface area contributed by atoms with E-state index in [2.05, 4.69) is 98.8 Å². The topological polar surface area (TPSA) is 54.1 Å². The van der Waals surface area contributed by atoms with Crippen LogP contribution in [-0.4, -0.2) is 15.9 Å². The predicted octanol–water partition coefficient (Wildman–Crippen LogP) is 10.7. The smallest absolute Gasteiger partial charge is 0.162 e. The summed E-state index contributed by atoms with van der Waals surface area (Å²) in [6.45, 7) is 14.8. The molecule has 0 spiro atoms. The van der Waals surface area contributed by atoms with Gasteiger partial charge in [0.15, 0.2) is 5.78 Å². The van der Waals surface area contributed by atoms with Crippen LogP contribution in [0.15, 0.2) is 84.2 Å². The van der Waals surface area contributed by atoms with Crippen molar-refractivity contribution in [2.24, 2.45) is 11.8 Å². The Bertz CT molecular complexity index is 1790. The third kappa shape index (κ3) is 8.73. The first-order chi connectivity index (χ1) is 21.5. The second-order valence-electron chi connectivity index (χ2n) is 12.7. The number of allylic oxidation sites excluding steroid dienone is 2. The van der Waals surface area contributed by atoms with Crippen molar-refractivity contribution in [3.63, 3.8) is 0 Å². The molecule has 0 aliphatic rings. The standard InChI is InChI=1S/C27H23N2S.C13H24O2.Ir/c1-27(2,3)23-14-20(13-19-7-5-6-8-22(19)23)25-15-18(9-11-29(25)4)21-16-26-24(28-17-21)10-12-30-26;1-5-10(6-2)12(14)9-13(15)11(7-3)8-4;/h5-12,14-17H,4H2,1-3H3;9-11,14H,5-8H2,1-4H3;/q-1;;/b;12-9-;. The number of carbonyl (C=O) groups excluding carboxylic acids is 1. The zero-order valence-corrected chi connectivity index (χ0v) is 31.4. The van der Waals surface area contributed by atoms with Crippen molar-refractivity contribution in [2.75, 3.05) is 0 Å². The molecule has 4 nitrogen and oxygen atoms in total. The van der Waals surface area contributed by atoms with E-state index in [1.807, 2.05) is 44.7 Å². The van der Waals surface area contributed by atoms with Gasteiger partial charge in [0, 0.05) is 56.8 Å². The monoisotopic (exact) mass is 812 g/mol. The number of ketones is 1. The Morgan fingerprint density at radius 2 is 1.65 bits per heavy atom. The minimum Gasteiger partial charge on any atom is -0.512 e. The molecule has 6 heteroatoms. The van der Waals surface area contributed by atoms with Gasteiger partial charge in [-0.2, -0.15) is 0 Å². The Hall–Kier alpha value is -3.31. The van der Waals surface area contributed by atoms with Crippen molar-refractivity contribution in [1.82, 2.24) is 4.98 Å². The number of aliphatic hydroxyl groups excluding tert-OH is 1. The van der Waals surface area contributed by atoms with Crippen molar-refractivity contribution in [1.29, 1.82) is 0 Å². The number of rotatable bonds is 9. The van der Waals surface area contributed by atoms with E-state index in [0.717, 1.165) is 59.0 Å². The van der Waals surface area contributed by atoms with Crippen LogP contribution in [0.3, 0.4) is 0 Å². The zero-order valence-electron chi connectivity index (χ0n) is 28.2. The summed E-state index contributed by atoms with van der Waals surface area (Å²) >= 11 is 1.72. The fourth-order valence-electron chi connectivity index (χ4n) is 5.71.